The molecule has 102 valence electrons. The van der Waals surface area contributed by atoms with Crippen molar-refractivity contribution in [3.63, 3.8) is 0 Å². The van der Waals surface area contributed by atoms with Gasteiger partial charge in [-0.3, -0.25) is 14.4 Å². The number of carbonyl (C=O) groups is 3. The number of hydrogen-bond acceptors (Lipinski definition) is 3. The second-order valence-corrected chi connectivity index (χ2v) is 4.29. The zero-order chi connectivity index (χ0) is 14.3. The van der Waals surface area contributed by atoms with Crippen molar-refractivity contribution in [3.05, 3.63) is 35.9 Å². The number of ketones is 1. The molecule has 0 aliphatic heterocycles. The summed E-state index contributed by atoms with van der Waals surface area (Å²) < 4.78 is 0. The molecule has 1 unspecified atom stereocenters. The van der Waals surface area contributed by atoms with E-state index >= 15 is 0 Å². The molecule has 0 bridgehead atoms. The normalized spacial score (nSPS) is 11.6. The first kappa shape index (κ1) is 14.9. The number of nitrogens with one attached hydrogen (secondary N) is 1. The third kappa shape index (κ3) is 5.33. The van der Waals surface area contributed by atoms with Crippen molar-refractivity contribution >= 4 is 17.7 Å². The molecule has 0 saturated heterocycles. The summed E-state index contributed by atoms with van der Waals surface area (Å²) >= 11 is 0. The molecule has 1 aromatic rings. The number of rotatable bonds is 7. The molecule has 0 spiro atoms. The molecular weight excluding hydrogens is 246 g/mol. The van der Waals surface area contributed by atoms with Gasteiger partial charge in [0.2, 0.25) is 5.91 Å². The van der Waals surface area contributed by atoms with Gasteiger partial charge in [-0.1, -0.05) is 30.3 Å². The highest BCUT2D eigenvalue weighted by Crippen LogP contribution is 2.10. The van der Waals surface area contributed by atoms with Gasteiger partial charge in [0.1, 0.15) is 11.7 Å². The van der Waals surface area contributed by atoms with Crippen molar-refractivity contribution in [1.29, 1.82) is 0 Å². The molecule has 0 heterocycles. The Balaban J connectivity index is 2.59. The van der Waals surface area contributed by atoms with Crippen LogP contribution >= 0.6 is 0 Å². The summed E-state index contributed by atoms with van der Waals surface area (Å²) in [6.45, 7) is 1.40. The third-order valence-corrected chi connectivity index (χ3v) is 2.73. The van der Waals surface area contributed by atoms with E-state index in [1.807, 2.05) is 30.3 Å². The highest BCUT2D eigenvalue weighted by Gasteiger charge is 2.23. The van der Waals surface area contributed by atoms with E-state index in [2.05, 4.69) is 5.32 Å². The van der Waals surface area contributed by atoms with E-state index in [9.17, 15) is 14.4 Å². The largest absolute Gasteiger partial charge is 0.481 e. The van der Waals surface area contributed by atoms with Crippen LogP contribution in [-0.2, 0) is 20.8 Å². The van der Waals surface area contributed by atoms with Crippen LogP contribution in [0.2, 0.25) is 0 Å². The van der Waals surface area contributed by atoms with Gasteiger partial charge >= 0.3 is 5.97 Å². The number of carboxylic acids is 1. The maximum atomic E-state index is 11.8. The van der Waals surface area contributed by atoms with E-state index in [-0.39, 0.29) is 18.7 Å². The van der Waals surface area contributed by atoms with E-state index in [0.717, 1.165) is 5.56 Å². The number of amides is 1. The van der Waals surface area contributed by atoms with Gasteiger partial charge in [0.05, 0.1) is 6.42 Å². The number of aliphatic carboxylic acids is 1. The van der Waals surface area contributed by atoms with Crippen LogP contribution in [0, 0.1) is 5.92 Å². The number of hydrogen-bond donors (Lipinski definition) is 2. The smallest absolute Gasteiger partial charge is 0.305 e. The first-order valence-corrected chi connectivity index (χ1v) is 6.04. The molecule has 0 saturated carbocycles. The summed E-state index contributed by atoms with van der Waals surface area (Å²) in [6.07, 6.45) is 0.177. The van der Waals surface area contributed by atoms with Crippen molar-refractivity contribution in [3.8, 4) is 0 Å². The standard InChI is InChI=1S/C14H17NO4/c1-10(16)12(9-11-5-3-2-4-6-11)14(19)15-8-7-13(17)18/h2-6,12H,7-9H2,1H3,(H,15,19)(H,17,18). The molecular formula is C14H17NO4. The summed E-state index contributed by atoms with van der Waals surface area (Å²) in [6, 6.07) is 9.24. The van der Waals surface area contributed by atoms with Crippen LogP contribution in [-0.4, -0.2) is 29.3 Å². The van der Waals surface area contributed by atoms with Crippen molar-refractivity contribution in [2.45, 2.75) is 19.8 Å². The fourth-order valence-electron chi connectivity index (χ4n) is 1.69. The third-order valence-electron chi connectivity index (χ3n) is 2.73. The van der Waals surface area contributed by atoms with E-state index in [4.69, 9.17) is 5.11 Å². The maximum absolute atomic E-state index is 11.8. The van der Waals surface area contributed by atoms with Crippen LogP contribution in [0.5, 0.6) is 0 Å². The number of benzene rings is 1. The lowest BCUT2D eigenvalue weighted by Crippen LogP contribution is -2.36. The van der Waals surface area contributed by atoms with Crippen LogP contribution in [0.25, 0.3) is 0 Å². The Morgan fingerprint density at radius 1 is 1.21 bits per heavy atom. The molecule has 1 atom stereocenters. The van der Waals surface area contributed by atoms with E-state index < -0.39 is 17.8 Å². The lowest BCUT2D eigenvalue weighted by Gasteiger charge is -2.13. The molecule has 0 aliphatic rings. The van der Waals surface area contributed by atoms with Gasteiger partial charge in [-0.05, 0) is 18.9 Å². The van der Waals surface area contributed by atoms with Gasteiger partial charge in [-0.15, -0.1) is 0 Å². The molecule has 1 rings (SSSR count). The summed E-state index contributed by atoms with van der Waals surface area (Å²) in [5.74, 6) is -2.40. The predicted molar refractivity (Wildman–Crippen MR) is 69.6 cm³/mol. The number of carbonyl (C=O) groups excluding carboxylic acids is 2. The zero-order valence-electron chi connectivity index (χ0n) is 10.8. The molecule has 0 aromatic heterocycles. The van der Waals surface area contributed by atoms with Crippen LogP contribution < -0.4 is 5.32 Å². The van der Waals surface area contributed by atoms with Crippen LogP contribution in [0.3, 0.4) is 0 Å². The summed E-state index contributed by atoms with van der Waals surface area (Å²) in [7, 11) is 0. The Kier molecular flexibility index (Phi) is 5.73. The molecule has 1 aromatic carbocycles. The molecule has 0 fully saturated rings. The van der Waals surface area contributed by atoms with Crippen molar-refractivity contribution in [2.75, 3.05) is 6.54 Å². The van der Waals surface area contributed by atoms with Crippen LogP contribution in [0.15, 0.2) is 30.3 Å². The Morgan fingerprint density at radius 3 is 2.37 bits per heavy atom. The maximum Gasteiger partial charge on any atom is 0.305 e. The van der Waals surface area contributed by atoms with Crippen molar-refractivity contribution in [2.24, 2.45) is 5.92 Å². The van der Waals surface area contributed by atoms with Gasteiger partial charge in [0, 0.05) is 6.54 Å². The Morgan fingerprint density at radius 2 is 1.84 bits per heavy atom. The van der Waals surface area contributed by atoms with Gasteiger partial charge in [0.15, 0.2) is 0 Å². The Labute approximate surface area is 111 Å². The average molecular weight is 263 g/mol. The van der Waals surface area contributed by atoms with Gasteiger partial charge in [-0.25, -0.2) is 0 Å². The van der Waals surface area contributed by atoms with E-state index in [0.29, 0.717) is 6.42 Å². The molecule has 1 amide bonds. The summed E-state index contributed by atoms with van der Waals surface area (Å²) in [5.41, 5.74) is 0.899. The molecule has 19 heavy (non-hydrogen) atoms. The van der Waals surface area contributed by atoms with Crippen LogP contribution in [0.4, 0.5) is 0 Å². The van der Waals surface area contributed by atoms with E-state index in [1.165, 1.54) is 6.92 Å². The fraction of sp³-hybridized carbons (Fsp3) is 0.357. The molecule has 0 aliphatic carbocycles. The Hall–Kier alpha value is -2.17. The molecule has 0 radical (unpaired) electrons. The highest BCUT2D eigenvalue weighted by molar-refractivity contribution is 6.00. The summed E-state index contributed by atoms with van der Waals surface area (Å²) in [5, 5.41) is 11.0. The first-order chi connectivity index (χ1) is 9.00. The first-order valence-electron chi connectivity index (χ1n) is 6.04. The summed E-state index contributed by atoms with van der Waals surface area (Å²) in [4.78, 5) is 33.7. The van der Waals surface area contributed by atoms with E-state index in [1.54, 1.807) is 0 Å². The average Bonchev–Trinajstić information content (AvgIpc) is 2.36. The van der Waals surface area contributed by atoms with Crippen molar-refractivity contribution in [1.82, 2.24) is 5.32 Å². The van der Waals surface area contributed by atoms with Gasteiger partial charge in [0.25, 0.3) is 0 Å². The number of Topliss-reactive ketones (excluding diaryl/α,β-unsaturated/α-hetero) is 1. The lowest BCUT2D eigenvalue weighted by atomic mass is 9.95. The second kappa shape index (κ2) is 7.31. The molecule has 5 nitrogen and oxygen atoms in total. The fourth-order valence-corrected chi connectivity index (χ4v) is 1.69. The van der Waals surface area contributed by atoms with Crippen LogP contribution in [0.1, 0.15) is 18.9 Å². The minimum absolute atomic E-state index is 0.0345. The highest BCUT2D eigenvalue weighted by atomic mass is 16.4. The van der Waals surface area contributed by atoms with Crippen molar-refractivity contribution < 1.29 is 19.5 Å². The molecule has 2 N–H and O–H groups in total. The topological polar surface area (TPSA) is 83.5 Å². The Bertz CT molecular complexity index is 456. The monoisotopic (exact) mass is 263 g/mol. The van der Waals surface area contributed by atoms with Gasteiger partial charge in [-0.2, -0.15) is 0 Å². The number of carboxylic acid groups (broad SMARTS) is 1. The predicted octanol–water partition coefficient (Wildman–Crippen LogP) is 1.03. The second-order valence-electron chi connectivity index (χ2n) is 4.29. The minimum Gasteiger partial charge on any atom is -0.481 e. The molecule has 5 heteroatoms. The quantitative estimate of drug-likeness (QED) is 0.719. The lowest BCUT2D eigenvalue weighted by molar-refractivity contribution is -0.137. The minimum atomic E-state index is -0.984. The SMILES string of the molecule is CC(=O)C(Cc1ccccc1)C(=O)NCCC(=O)O. The van der Waals surface area contributed by atoms with Gasteiger partial charge < -0.3 is 10.4 Å². The zero-order valence-corrected chi connectivity index (χ0v) is 10.8.